The Morgan fingerprint density at radius 2 is 1.80 bits per heavy atom. The fourth-order valence-electron chi connectivity index (χ4n) is 5.96. The van der Waals surface area contributed by atoms with Crippen LogP contribution in [0.3, 0.4) is 0 Å². The van der Waals surface area contributed by atoms with Crippen LogP contribution in [0.2, 0.25) is 0 Å². The van der Waals surface area contributed by atoms with Crippen molar-refractivity contribution in [2.75, 3.05) is 5.73 Å². The van der Waals surface area contributed by atoms with Crippen molar-refractivity contribution in [2.45, 2.75) is 42.9 Å². The van der Waals surface area contributed by atoms with E-state index in [4.69, 9.17) is 17.2 Å². The smallest absolute Gasteiger partial charge is 0.262 e. The summed E-state index contributed by atoms with van der Waals surface area (Å²) in [5, 5.41) is 6.56. The maximum Gasteiger partial charge on any atom is 0.262 e. The molecule has 208 valence electrons. The van der Waals surface area contributed by atoms with Crippen LogP contribution in [0, 0.1) is 0 Å². The molecule has 10 nitrogen and oxygen atoms in total. The molecule has 4 atom stereocenters. The molecule has 8 N–H and O–H groups in total. The van der Waals surface area contributed by atoms with Gasteiger partial charge in [0.25, 0.3) is 5.91 Å². The van der Waals surface area contributed by atoms with Crippen LogP contribution in [0.25, 0.3) is 21.5 Å². The fourth-order valence-corrected chi connectivity index (χ4v) is 7.16. The Hall–Kier alpha value is -4.45. The zero-order valence-corrected chi connectivity index (χ0v) is 22.9. The highest BCUT2D eigenvalue weighted by atomic mass is 32.1. The van der Waals surface area contributed by atoms with Crippen molar-refractivity contribution < 1.29 is 14.4 Å². The van der Waals surface area contributed by atoms with Crippen molar-refractivity contribution in [1.29, 1.82) is 0 Å². The number of nitrogens with zero attached hydrogens (tertiary/aromatic N) is 2. The van der Waals surface area contributed by atoms with Crippen molar-refractivity contribution >= 4 is 44.7 Å². The Morgan fingerprint density at radius 1 is 1.05 bits per heavy atom. The van der Waals surface area contributed by atoms with Gasteiger partial charge in [0.05, 0.1) is 27.0 Å². The predicted molar refractivity (Wildman–Crippen MR) is 158 cm³/mol. The van der Waals surface area contributed by atoms with Crippen LogP contribution in [-0.2, 0) is 15.1 Å². The summed E-state index contributed by atoms with van der Waals surface area (Å²) in [6, 6.07) is 10.7. The van der Waals surface area contributed by atoms with Gasteiger partial charge in [-0.3, -0.25) is 24.4 Å². The molecule has 2 amide bonds. The van der Waals surface area contributed by atoms with E-state index < -0.39 is 17.4 Å². The topological polar surface area (TPSA) is 179 Å². The summed E-state index contributed by atoms with van der Waals surface area (Å²) in [6.45, 7) is 3.50. The SMILES string of the molecule is C=CC(=O)N[C@@H]1CCC[C@H]1NC(=O)c1sc2c(N)ccc3c2c1C(N)C(=O)C3(N)c1ccnc(-c2ccccn2)c1. The second-order valence-corrected chi connectivity index (χ2v) is 11.4. The van der Waals surface area contributed by atoms with Gasteiger partial charge in [-0.15, -0.1) is 11.3 Å². The van der Waals surface area contributed by atoms with Gasteiger partial charge in [-0.1, -0.05) is 18.7 Å². The molecule has 0 spiro atoms. The molecule has 2 unspecified atom stereocenters. The average Bonchev–Trinajstić information content (AvgIpc) is 3.61. The fraction of sp³-hybridized carbons (Fsp3) is 0.233. The summed E-state index contributed by atoms with van der Waals surface area (Å²) in [4.78, 5) is 48.8. The van der Waals surface area contributed by atoms with E-state index in [-0.39, 0.29) is 23.9 Å². The predicted octanol–water partition coefficient (Wildman–Crippen LogP) is 2.68. The number of ketones is 1. The molecule has 2 aliphatic rings. The molecular formula is C30H29N7O3S. The van der Waals surface area contributed by atoms with Crippen LogP contribution in [0.1, 0.15) is 51.7 Å². The number of hydrogen-bond donors (Lipinski definition) is 5. The van der Waals surface area contributed by atoms with E-state index in [1.54, 1.807) is 36.7 Å². The summed E-state index contributed by atoms with van der Waals surface area (Å²) < 4.78 is 0.641. The lowest BCUT2D eigenvalue weighted by Crippen LogP contribution is -2.53. The monoisotopic (exact) mass is 567 g/mol. The second-order valence-electron chi connectivity index (χ2n) is 10.4. The molecule has 1 saturated carbocycles. The lowest BCUT2D eigenvalue weighted by Gasteiger charge is -2.36. The van der Waals surface area contributed by atoms with E-state index >= 15 is 0 Å². The zero-order valence-electron chi connectivity index (χ0n) is 22.1. The molecule has 0 saturated heterocycles. The van der Waals surface area contributed by atoms with Gasteiger partial charge >= 0.3 is 0 Å². The number of thiophene rings is 1. The number of aromatic nitrogens is 2. The molecule has 1 aromatic carbocycles. The minimum Gasteiger partial charge on any atom is -0.398 e. The first-order valence-electron chi connectivity index (χ1n) is 13.3. The number of nitrogens with one attached hydrogen (secondary N) is 2. The number of carbonyl (C=O) groups excluding carboxylic acids is 3. The zero-order chi connectivity index (χ0) is 28.9. The Bertz CT molecular complexity index is 1720. The van der Waals surface area contributed by atoms with Crippen molar-refractivity contribution in [2.24, 2.45) is 11.5 Å². The van der Waals surface area contributed by atoms with Gasteiger partial charge in [0.2, 0.25) is 5.91 Å². The van der Waals surface area contributed by atoms with Gasteiger partial charge in [0, 0.05) is 41.1 Å². The number of carbonyl (C=O) groups is 3. The number of anilines is 1. The Balaban J connectivity index is 1.44. The molecule has 0 aliphatic heterocycles. The van der Waals surface area contributed by atoms with Crippen LogP contribution in [0.5, 0.6) is 0 Å². The maximum atomic E-state index is 14.1. The molecule has 3 aromatic heterocycles. The van der Waals surface area contributed by atoms with Gasteiger partial charge < -0.3 is 27.8 Å². The third-order valence-corrected chi connectivity index (χ3v) is 9.26. The second kappa shape index (κ2) is 10.2. The first kappa shape index (κ1) is 26.8. The molecular weight excluding hydrogens is 538 g/mol. The first-order valence-corrected chi connectivity index (χ1v) is 14.1. The van der Waals surface area contributed by atoms with Crippen LogP contribution >= 0.6 is 11.3 Å². The average molecular weight is 568 g/mol. The molecule has 2 aliphatic carbocycles. The summed E-state index contributed by atoms with van der Waals surface area (Å²) in [7, 11) is 0. The number of Topliss-reactive ketones (excluding diaryl/α,β-unsaturated/α-hetero) is 1. The van der Waals surface area contributed by atoms with Crippen molar-refractivity contribution in [1.82, 2.24) is 20.6 Å². The van der Waals surface area contributed by atoms with E-state index in [0.29, 0.717) is 55.1 Å². The largest absolute Gasteiger partial charge is 0.398 e. The normalized spacial score (nSPS) is 23.4. The van der Waals surface area contributed by atoms with Gasteiger partial charge in [0.15, 0.2) is 5.78 Å². The highest BCUT2D eigenvalue weighted by Gasteiger charge is 2.49. The number of benzene rings is 1. The Labute approximate surface area is 240 Å². The lowest BCUT2D eigenvalue weighted by atomic mass is 9.70. The van der Waals surface area contributed by atoms with Crippen LogP contribution in [0.4, 0.5) is 5.69 Å². The molecule has 0 radical (unpaired) electrons. The minimum absolute atomic E-state index is 0.220. The quantitative estimate of drug-likeness (QED) is 0.174. The molecule has 3 heterocycles. The number of rotatable bonds is 6. The standard InChI is InChI=1S/C30H29N7O3S/c1-2-22(38)36-19-7-5-8-20(19)37-29(40)27-24-23-16(9-10-17(31)26(23)41-27)30(33,28(39)25(24)32)15-11-13-35-21(14-15)18-6-3-4-12-34-18/h2-4,6,9-14,19-20,25H,1,5,7-8,31-33H2,(H,36,38)(H,37,40)/t19-,20-,25?,30?/m1/s1. The van der Waals surface area contributed by atoms with Crippen LogP contribution < -0.4 is 27.8 Å². The summed E-state index contributed by atoms with van der Waals surface area (Å²) >= 11 is 1.19. The van der Waals surface area contributed by atoms with Gasteiger partial charge in [-0.2, -0.15) is 0 Å². The van der Waals surface area contributed by atoms with E-state index in [2.05, 4.69) is 27.2 Å². The Kier molecular flexibility index (Phi) is 6.65. The van der Waals surface area contributed by atoms with E-state index in [1.807, 2.05) is 18.2 Å². The summed E-state index contributed by atoms with van der Waals surface area (Å²) in [6.07, 6.45) is 6.76. The molecule has 4 aromatic rings. The number of hydrogen-bond acceptors (Lipinski definition) is 9. The number of amides is 2. The first-order chi connectivity index (χ1) is 19.7. The Morgan fingerprint density at radius 3 is 2.54 bits per heavy atom. The molecule has 1 fully saturated rings. The minimum atomic E-state index is -1.61. The van der Waals surface area contributed by atoms with Gasteiger partial charge in [0.1, 0.15) is 5.54 Å². The highest BCUT2D eigenvalue weighted by Crippen LogP contribution is 2.49. The van der Waals surface area contributed by atoms with Crippen molar-refractivity contribution in [3.05, 3.63) is 89.1 Å². The van der Waals surface area contributed by atoms with Crippen LogP contribution in [0.15, 0.2) is 67.5 Å². The van der Waals surface area contributed by atoms with Gasteiger partial charge in [-0.05, 0) is 66.8 Å². The molecule has 11 heteroatoms. The van der Waals surface area contributed by atoms with E-state index in [9.17, 15) is 14.4 Å². The van der Waals surface area contributed by atoms with Gasteiger partial charge in [-0.25, -0.2) is 0 Å². The van der Waals surface area contributed by atoms with Crippen LogP contribution in [-0.4, -0.2) is 39.6 Å². The maximum absolute atomic E-state index is 14.1. The number of pyridine rings is 2. The van der Waals surface area contributed by atoms with Crippen molar-refractivity contribution in [3.63, 3.8) is 0 Å². The summed E-state index contributed by atoms with van der Waals surface area (Å²) in [5.74, 6) is -1.11. The van der Waals surface area contributed by atoms with E-state index in [0.717, 1.165) is 12.8 Å². The summed E-state index contributed by atoms with van der Waals surface area (Å²) in [5.41, 5.74) is 21.5. The number of nitrogen functional groups attached to an aromatic ring is 1. The van der Waals surface area contributed by atoms with Crippen molar-refractivity contribution in [3.8, 4) is 11.4 Å². The number of nitrogens with two attached hydrogens (primary N) is 3. The highest BCUT2D eigenvalue weighted by molar-refractivity contribution is 7.21. The molecule has 6 rings (SSSR count). The van der Waals surface area contributed by atoms with E-state index in [1.165, 1.54) is 17.4 Å². The molecule has 41 heavy (non-hydrogen) atoms. The lowest BCUT2D eigenvalue weighted by molar-refractivity contribution is -0.124. The molecule has 0 bridgehead atoms. The third kappa shape index (κ3) is 4.29. The third-order valence-electron chi connectivity index (χ3n) is 8.01.